The summed E-state index contributed by atoms with van der Waals surface area (Å²) in [6.45, 7) is 1.90. The number of ether oxygens (including phenoxy) is 1. The van der Waals surface area contributed by atoms with Crippen molar-refractivity contribution in [1.29, 1.82) is 0 Å². The van der Waals surface area contributed by atoms with Gasteiger partial charge in [0.15, 0.2) is 0 Å². The molecule has 0 fully saturated rings. The van der Waals surface area contributed by atoms with Gasteiger partial charge in [-0.25, -0.2) is 8.42 Å². The van der Waals surface area contributed by atoms with Crippen molar-refractivity contribution in [2.75, 3.05) is 17.3 Å². The van der Waals surface area contributed by atoms with E-state index in [4.69, 9.17) is 4.74 Å². The normalized spacial score (nSPS) is 11.6. The van der Waals surface area contributed by atoms with Gasteiger partial charge in [-0.3, -0.25) is 20.3 Å². The zero-order valence-electron chi connectivity index (χ0n) is 18.3. The molecule has 0 atom stereocenters. The number of hydrogen-bond donors (Lipinski definition) is 3. The van der Waals surface area contributed by atoms with Gasteiger partial charge in [-0.2, -0.15) is 5.10 Å². The van der Waals surface area contributed by atoms with E-state index in [-0.39, 0.29) is 10.6 Å². The number of hydrogen-bond acceptors (Lipinski definition) is 7. The molecule has 3 aromatic carbocycles. The Morgan fingerprint density at radius 3 is 2.53 bits per heavy atom. The van der Waals surface area contributed by atoms with Crippen LogP contribution in [0.5, 0.6) is 5.75 Å². The van der Waals surface area contributed by atoms with Gasteiger partial charge in [-0.05, 0) is 49.4 Å². The zero-order valence-corrected chi connectivity index (χ0v) is 19.1. The lowest BCUT2D eigenvalue weighted by atomic mass is 10.1. The fraction of sp³-hybridized carbons (Fsp3) is 0.0870. The number of aromatic nitrogens is 1. The molecule has 11 heteroatoms. The highest BCUT2D eigenvalue weighted by atomic mass is 32.2. The molecule has 0 aliphatic carbocycles. The second-order valence-corrected chi connectivity index (χ2v) is 9.03. The molecule has 1 aromatic heterocycles. The first-order valence-electron chi connectivity index (χ1n) is 10.1. The number of nitro benzene ring substituents is 1. The van der Waals surface area contributed by atoms with Crippen molar-refractivity contribution in [1.82, 2.24) is 4.98 Å². The van der Waals surface area contributed by atoms with Crippen LogP contribution in [0, 0.1) is 17.0 Å². The van der Waals surface area contributed by atoms with Crippen LogP contribution in [-0.2, 0) is 10.0 Å². The number of aromatic amines is 1. The number of benzene rings is 3. The Balaban J connectivity index is 1.58. The minimum absolute atomic E-state index is 0.0575. The molecule has 10 nitrogen and oxygen atoms in total. The number of H-pyrrole nitrogens is 1. The second-order valence-electron chi connectivity index (χ2n) is 7.35. The molecule has 0 spiro atoms. The first-order valence-corrected chi connectivity index (χ1v) is 11.6. The first-order chi connectivity index (χ1) is 16.3. The van der Waals surface area contributed by atoms with Gasteiger partial charge in [0.05, 0.1) is 23.1 Å². The third-order valence-electron chi connectivity index (χ3n) is 5.14. The number of nitrogens with one attached hydrogen (secondary N) is 3. The van der Waals surface area contributed by atoms with Gasteiger partial charge in [0.2, 0.25) is 0 Å². The first kappa shape index (κ1) is 22.8. The summed E-state index contributed by atoms with van der Waals surface area (Å²) in [4.78, 5) is 14.0. The van der Waals surface area contributed by atoms with Crippen molar-refractivity contribution in [2.24, 2.45) is 5.10 Å². The number of nitrogens with zero attached hydrogens (tertiary/aromatic N) is 2. The summed E-state index contributed by atoms with van der Waals surface area (Å²) >= 11 is 0. The van der Waals surface area contributed by atoms with Crippen LogP contribution in [0.15, 0.2) is 76.7 Å². The highest BCUT2D eigenvalue weighted by Gasteiger charge is 2.21. The van der Waals surface area contributed by atoms with E-state index in [2.05, 4.69) is 20.2 Å². The zero-order chi connectivity index (χ0) is 24.3. The van der Waals surface area contributed by atoms with Crippen molar-refractivity contribution >= 4 is 44.2 Å². The van der Waals surface area contributed by atoms with E-state index in [9.17, 15) is 18.5 Å². The van der Waals surface area contributed by atoms with Gasteiger partial charge in [0.25, 0.3) is 15.7 Å². The Hall–Kier alpha value is -4.38. The molecule has 0 saturated heterocycles. The number of para-hydroxylation sites is 1. The number of sulfonamides is 1. The molecule has 3 N–H and O–H groups in total. The summed E-state index contributed by atoms with van der Waals surface area (Å²) in [6, 6.07) is 17.5. The number of hydrazone groups is 1. The summed E-state index contributed by atoms with van der Waals surface area (Å²) < 4.78 is 33.0. The quantitative estimate of drug-likeness (QED) is 0.191. The van der Waals surface area contributed by atoms with E-state index in [1.54, 1.807) is 18.3 Å². The summed E-state index contributed by atoms with van der Waals surface area (Å²) in [5, 5.41) is 16.7. The number of anilines is 2. The van der Waals surface area contributed by atoms with Crippen LogP contribution in [-0.4, -0.2) is 31.6 Å². The molecule has 0 saturated carbocycles. The lowest BCUT2D eigenvalue weighted by Gasteiger charge is -2.10. The molecule has 0 unspecified atom stereocenters. The maximum absolute atomic E-state index is 12.8. The van der Waals surface area contributed by atoms with Crippen LogP contribution in [0.4, 0.5) is 17.1 Å². The number of aryl methyl sites for hydroxylation is 1. The second kappa shape index (κ2) is 9.24. The molecule has 174 valence electrons. The molecular formula is C23H21N5O5S. The molecule has 1 heterocycles. The summed E-state index contributed by atoms with van der Waals surface area (Å²) in [6.07, 6.45) is 1.56. The number of fused-ring (bicyclic) bond motifs is 1. The van der Waals surface area contributed by atoms with Crippen molar-refractivity contribution in [3.05, 3.63) is 88.1 Å². The summed E-state index contributed by atoms with van der Waals surface area (Å²) in [7, 11) is -2.56. The molecule has 0 bridgehead atoms. The van der Waals surface area contributed by atoms with E-state index in [1.165, 1.54) is 31.4 Å². The molecule has 0 aliphatic heterocycles. The van der Waals surface area contributed by atoms with Crippen LogP contribution in [0.25, 0.3) is 10.9 Å². The van der Waals surface area contributed by atoms with Gasteiger partial charge in [-0.15, -0.1) is 0 Å². The third kappa shape index (κ3) is 4.69. The van der Waals surface area contributed by atoms with Gasteiger partial charge in [0, 0.05) is 33.9 Å². The largest absolute Gasteiger partial charge is 0.497 e. The molecule has 34 heavy (non-hydrogen) atoms. The smallest absolute Gasteiger partial charge is 0.295 e. The molecule has 4 rings (SSSR count). The van der Waals surface area contributed by atoms with Crippen LogP contribution in [0.1, 0.15) is 11.3 Å². The topological polar surface area (TPSA) is 139 Å². The Labute approximate surface area is 195 Å². The Morgan fingerprint density at radius 1 is 1.09 bits per heavy atom. The maximum atomic E-state index is 12.8. The van der Waals surface area contributed by atoms with E-state index in [0.29, 0.717) is 11.4 Å². The predicted molar refractivity (Wildman–Crippen MR) is 131 cm³/mol. The predicted octanol–water partition coefficient (Wildman–Crippen LogP) is 4.64. The van der Waals surface area contributed by atoms with Crippen molar-refractivity contribution in [3.63, 3.8) is 0 Å². The Morgan fingerprint density at radius 2 is 1.82 bits per heavy atom. The lowest BCUT2D eigenvalue weighted by Crippen LogP contribution is -2.13. The Kier molecular flexibility index (Phi) is 6.19. The molecule has 0 radical (unpaired) electrons. The average molecular weight is 480 g/mol. The van der Waals surface area contributed by atoms with Crippen LogP contribution >= 0.6 is 0 Å². The fourth-order valence-corrected chi connectivity index (χ4v) is 4.51. The van der Waals surface area contributed by atoms with E-state index in [0.717, 1.165) is 28.2 Å². The highest BCUT2D eigenvalue weighted by Crippen LogP contribution is 2.29. The van der Waals surface area contributed by atoms with Crippen LogP contribution < -0.4 is 14.9 Å². The number of methoxy groups -OCH3 is 1. The Bertz CT molecular complexity index is 1490. The molecule has 0 aliphatic rings. The summed E-state index contributed by atoms with van der Waals surface area (Å²) in [5.74, 6) is 0.567. The van der Waals surface area contributed by atoms with Gasteiger partial charge in [-0.1, -0.05) is 18.2 Å². The van der Waals surface area contributed by atoms with Crippen LogP contribution in [0.2, 0.25) is 0 Å². The monoisotopic (exact) mass is 479 g/mol. The minimum Gasteiger partial charge on any atom is -0.497 e. The number of rotatable bonds is 8. The van der Waals surface area contributed by atoms with Gasteiger partial charge >= 0.3 is 0 Å². The maximum Gasteiger partial charge on any atom is 0.295 e. The van der Waals surface area contributed by atoms with Gasteiger partial charge < -0.3 is 9.72 Å². The molecule has 0 amide bonds. The van der Waals surface area contributed by atoms with Crippen molar-refractivity contribution < 1.29 is 18.1 Å². The van der Waals surface area contributed by atoms with Crippen LogP contribution in [0.3, 0.4) is 0 Å². The van der Waals surface area contributed by atoms with E-state index < -0.39 is 20.6 Å². The van der Waals surface area contributed by atoms with E-state index in [1.807, 2.05) is 31.2 Å². The number of nitro groups is 1. The minimum atomic E-state index is -4.06. The van der Waals surface area contributed by atoms with Crippen molar-refractivity contribution in [2.45, 2.75) is 11.8 Å². The third-order valence-corrected chi connectivity index (χ3v) is 6.52. The molecular weight excluding hydrogens is 458 g/mol. The fourth-order valence-electron chi connectivity index (χ4n) is 3.43. The van der Waals surface area contributed by atoms with E-state index >= 15 is 0 Å². The highest BCUT2D eigenvalue weighted by molar-refractivity contribution is 7.92. The lowest BCUT2D eigenvalue weighted by molar-refractivity contribution is -0.384. The standard InChI is InChI=1S/C23H21N5O5S/c1-15-20(19-5-3-4-6-21(19)25-15)14-24-26-22-12-11-18(13-23(22)28(29)30)34(31,32)27-16-7-9-17(33-2)10-8-16/h3-14,25-27H,1-2H3/b24-14+. The SMILES string of the molecule is COc1ccc(NS(=O)(=O)c2ccc(N/N=C/c3c(C)[nH]c4ccccc34)c([N+](=O)[O-])c2)cc1. The van der Waals surface area contributed by atoms with Crippen molar-refractivity contribution in [3.8, 4) is 5.75 Å². The average Bonchev–Trinajstić information content (AvgIpc) is 3.14. The summed E-state index contributed by atoms with van der Waals surface area (Å²) in [5.41, 5.74) is 5.27. The van der Waals surface area contributed by atoms with Gasteiger partial charge in [0.1, 0.15) is 11.4 Å². The molecule has 4 aromatic rings.